The van der Waals surface area contributed by atoms with Gasteiger partial charge < -0.3 is 4.74 Å². The molecule has 0 bridgehead atoms. The summed E-state index contributed by atoms with van der Waals surface area (Å²) in [6.45, 7) is 3.48. The third-order valence-electron chi connectivity index (χ3n) is 4.01. The van der Waals surface area contributed by atoms with Crippen molar-refractivity contribution in [2.45, 2.75) is 31.4 Å². The van der Waals surface area contributed by atoms with Gasteiger partial charge in [-0.05, 0) is 55.8 Å². The Morgan fingerprint density at radius 2 is 1.67 bits per heavy atom. The Kier molecular flexibility index (Phi) is 6.29. The van der Waals surface area contributed by atoms with Gasteiger partial charge in [-0.25, -0.2) is 13.2 Å². The topological polar surface area (TPSA) is 107 Å². The first kappa shape index (κ1) is 20.5. The second kappa shape index (κ2) is 8.28. The predicted molar refractivity (Wildman–Crippen MR) is 98.7 cm³/mol. The second-order valence-corrected chi connectivity index (χ2v) is 8.14. The molecule has 0 unspecified atom stereocenters. The van der Waals surface area contributed by atoms with Gasteiger partial charge in [-0.2, -0.15) is 4.31 Å². The van der Waals surface area contributed by atoms with Crippen LogP contribution in [0.15, 0.2) is 53.4 Å². The zero-order chi connectivity index (χ0) is 20.2. The third kappa shape index (κ3) is 4.89. The Morgan fingerprint density at radius 3 is 2.15 bits per heavy atom. The highest BCUT2D eigenvalue weighted by atomic mass is 32.2. The molecule has 9 heteroatoms. The van der Waals surface area contributed by atoms with E-state index in [-0.39, 0.29) is 28.8 Å². The van der Waals surface area contributed by atoms with Crippen molar-refractivity contribution in [2.24, 2.45) is 0 Å². The standard InChI is InChI=1S/C18H20N2O6S/c1-13(2)19(3)27(24,25)17-10-6-15(7-11-17)18(21)26-12-14-4-8-16(9-5-14)20(22)23/h4-11,13H,12H2,1-3H3. The minimum Gasteiger partial charge on any atom is -0.457 e. The normalized spacial score (nSPS) is 11.6. The number of sulfonamides is 1. The predicted octanol–water partition coefficient (Wildman–Crippen LogP) is 2.98. The number of nitro groups is 1. The van der Waals surface area contributed by atoms with Crippen LogP contribution >= 0.6 is 0 Å². The van der Waals surface area contributed by atoms with Gasteiger partial charge in [0.1, 0.15) is 6.61 Å². The highest BCUT2D eigenvalue weighted by Crippen LogP contribution is 2.18. The molecule has 0 amide bonds. The molecule has 144 valence electrons. The monoisotopic (exact) mass is 392 g/mol. The molecule has 0 heterocycles. The number of nitro benzene ring substituents is 1. The van der Waals surface area contributed by atoms with Gasteiger partial charge >= 0.3 is 5.97 Å². The van der Waals surface area contributed by atoms with E-state index < -0.39 is 20.9 Å². The van der Waals surface area contributed by atoms with Gasteiger partial charge in [0.25, 0.3) is 5.69 Å². The van der Waals surface area contributed by atoms with Crippen molar-refractivity contribution >= 4 is 21.7 Å². The Labute approximate surface area is 157 Å². The van der Waals surface area contributed by atoms with Crippen LogP contribution < -0.4 is 0 Å². The molecule has 0 saturated heterocycles. The average molecular weight is 392 g/mol. The number of hydrogen-bond acceptors (Lipinski definition) is 6. The molecule has 2 aromatic carbocycles. The molecular formula is C18H20N2O6S. The van der Waals surface area contributed by atoms with Gasteiger partial charge in [-0.1, -0.05) is 0 Å². The van der Waals surface area contributed by atoms with E-state index in [2.05, 4.69) is 0 Å². The molecule has 0 spiro atoms. The summed E-state index contributed by atoms with van der Waals surface area (Å²) in [5, 5.41) is 10.6. The first-order chi connectivity index (χ1) is 12.6. The molecule has 0 fully saturated rings. The molecular weight excluding hydrogens is 372 g/mol. The van der Waals surface area contributed by atoms with Crippen LogP contribution in [0.1, 0.15) is 29.8 Å². The fraction of sp³-hybridized carbons (Fsp3) is 0.278. The smallest absolute Gasteiger partial charge is 0.338 e. The maximum atomic E-state index is 12.4. The number of benzene rings is 2. The first-order valence-corrected chi connectivity index (χ1v) is 9.55. The quantitative estimate of drug-likeness (QED) is 0.407. The van der Waals surface area contributed by atoms with E-state index in [1.807, 2.05) is 0 Å². The number of ether oxygens (including phenoxy) is 1. The van der Waals surface area contributed by atoms with Crippen LogP contribution in [0.2, 0.25) is 0 Å². The van der Waals surface area contributed by atoms with Gasteiger partial charge in [0.15, 0.2) is 0 Å². The molecule has 0 aliphatic carbocycles. The van der Waals surface area contributed by atoms with Crippen molar-refractivity contribution in [1.29, 1.82) is 0 Å². The Hall–Kier alpha value is -2.78. The van der Waals surface area contributed by atoms with E-state index in [1.165, 1.54) is 59.9 Å². The maximum absolute atomic E-state index is 12.4. The van der Waals surface area contributed by atoms with E-state index in [0.29, 0.717) is 5.56 Å². The van der Waals surface area contributed by atoms with Gasteiger partial charge in [0.2, 0.25) is 10.0 Å². The molecule has 27 heavy (non-hydrogen) atoms. The number of carbonyl (C=O) groups excluding carboxylic acids is 1. The van der Waals surface area contributed by atoms with Gasteiger partial charge in [-0.3, -0.25) is 10.1 Å². The van der Waals surface area contributed by atoms with Crippen molar-refractivity contribution in [3.05, 3.63) is 69.8 Å². The van der Waals surface area contributed by atoms with Crippen molar-refractivity contribution < 1.29 is 22.9 Å². The molecule has 0 radical (unpaired) electrons. The molecule has 0 saturated carbocycles. The van der Waals surface area contributed by atoms with Crippen LogP contribution in [0.3, 0.4) is 0 Å². The number of nitrogens with zero attached hydrogens (tertiary/aromatic N) is 2. The summed E-state index contributed by atoms with van der Waals surface area (Å²) in [5.74, 6) is -0.616. The molecule has 0 aromatic heterocycles. The Morgan fingerprint density at radius 1 is 1.11 bits per heavy atom. The summed E-state index contributed by atoms with van der Waals surface area (Å²) in [4.78, 5) is 22.3. The van der Waals surface area contributed by atoms with Crippen LogP contribution in [-0.4, -0.2) is 36.7 Å². The lowest BCUT2D eigenvalue weighted by atomic mass is 10.2. The first-order valence-electron chi connectivity index (χ1n) is 8.11. The lowest BCUT2D eigenvalue weighted by Gasteiger charge is -2.20. The maximum Gasteiger partial charge on any atom is 0.338 e. The molecule has 2 rings (SSSR count). The van der Waals surface area contributed by atoms with Crippen molar-refractivity contribution in [2.75, 3.05) is 7.05 Å². The lowest BCUT2D eigenvalue weighted by Crippen LogP contribution is -2.33. The van der Waals surface area contributed by atoms with Gasteiger partial charge in [0, 0.05) is 25.2 Å². The number of carbonyl (C=O) groups is 1. The van der Waals surface area contributed by atoms with Crippen molar-refractivity contribution in [3.8, 4) is 0 Å². The van der Waals surface area contributed by atoms with Crippen molar-refractivity contribution in [3.63, 3.8) is 0 Å². The number of non-ortho nitro benzene ring substituents is 1. The summed E-state index contributed by atoms with van der Waals surface area (Å²) in [6, 6.07) is 11.0. The van der Waals surface area contributed by atoms with Gasteiger partial charge in [0.05, 0.1) is 15.4 Å². The van der Waals surface area contributed by atoms with E-state index in [1.54, 1.807) is 13.8 Å². The molecule has 0 N–H and O–H groups in total. The fourth-order valence-electron chi connectivity index (χ4n) is 2.15. The summed E-state index contributed by atoms with van der Waals surface area (Å²) in [6.07, 6.45) is 0. The van der Waals surface area contributed by atoms with Crippen molar-refractivity contribution in [1.82, 2.24) is 4.31 Å². The number of rotatable bonds is 7. The minimum atomic E-state index is -3.62. The average Bonchev–Trinajstić information content (AvgIpc) is 2.65. The summed E-state index contributed by atoms with van der Waals surface area (Å²) >= 11 is 0. The summed E-state index contributed by atoms with van der Waals surface area (Å²) in [7, 11) is -2.13. The van der Waals surface area contributed by atoms with Crippen LogP contribution in [0.4, 0.5) is 5.69 Å². The zero-order valence-electron chi connectivity index (χ0n) is 15.2. The van der Waals surface area contributed by atoms with Crippen LogP contribution in [0, 0.1) is 10.1 Å². The third-order valence-corrected chi connectivity index (χ3v) is 6.06. The molecule has 0 aliphatic rings. The second-order valence-electron chi connectivity index (χ2n) is 6.14. The molecule has 2 aromatic rings. The molecule has 8 nitrogen and oxygen atoms in total. The Balaban J connectivity index is 2.04. The highest BCUT2D eigenvalue weighted by molar-refractivity contribution is 7.89. The minimum absolute atomic E-state index is 0.0479. The van der Waals surface area contributed by atoms with Gasteiger partial charge in [-0.15, -0.1) is 0 Å². The summed E-state index contributed by atoms with van der Waals surface area (Å²) < 4.78 is 31.2. The van der Waals surface area contributed by atoms with E-state index >= 15 is 0 Å². The molecule has 0 atom stereocenters. The molecule has 0 aliphatic heterocycles. The summed E-state index contributed by atoms with van der Waals surface area (Å²) in [5.41, 5.74) is 0.767. The fourth-order valence-corrected chi connectivity index (χ4v) is 3.52. The van der Waals surface area contributed by atoms with E-state index in [4.69, 9.17) is 4.74 Å². The lowest BCUT2D eigenvalue weighted by molar-refractivity contribution is -0.384. The SMILES string of the molecule is CC(C)N(C)S(=O)(=O)c1ccc(C(=O)OCc2ccc([N+](=O)[O-])cc2)cc1. The van der Waals surface area contributed by atoms with Crippen LogP contribution in [0.25, 0.3) is 0 Å². The number of hydrogen-bond donors (Lipinski definition) is 0. The van der Waals surface area contributed by atoms with E-state index in [9.17, 15) is 23.3 Å². The van der Waals surface area contributed by atoms with E-state index in [0.717, 1.165) is 0 Å². The van der Waals surface area contributed by atoms with Crippen LogP contribution in [-0.2, 0) is 21.4 Å². The number of esters is 1. The van der Waals surface area contributed by atoms with Crippen LogP contribution in [0.5, 0.6) is 0 Å². The zero-order valence-corrected chi connectivity index (χ0v) is 16.0. The Bertz CT molecular complexity index is 921. The largest absolute Gasteiger partial charge is 0.457 e. The highest BCUT2D eigenvalue weighted by Gasteiger charge is 2.23.